The van der Waals surface area contributed by atoms with Crippen LogP contribution in [0.15, 0.2) is 29.3 Å². The summed E-state index contributed by atoms with van der Waals surface area (Å²) in [6.07, 6.45) is 0. The zero-order chi connectivity index (χ0) is 17.5. The topological polar surface area (TPSA) is 67.8 Å². The number of amidine groups is 1. The summed E-state index contributed by atoms with van der Waals surface area (Å²) in [5.41, 5.74) is 0.0839. The summed E-state index contributed by atoms with van der Waals surface area (Å²) in [6.45, 7) is 9.13. The fourth-order valence-electron chi connectivity index (χ4n) is 2.21. The van der Waals surface area contributed by atoms with E-state index >= 15 is 0 Å². The van der Waals surface area contributed by atoms with Gasteiger partial charge in [-0.3, -0.25) is 0 Å². The van der Waals surface area contributed by atoms with E-state index in [1.54, 1.807) is 27.7 Å². The second kappa shape index (κ2) is 5.98. The lowest BCUT2D eigenvalue weighted by molar-refractivity contribution is 0.0468. The third-order valence-corrected chi connectivity index (χ3v) is 7.26. The van der Waals surface area contributed by atoms with Crippen molar-refractivity contribution in [2.75, 3.05) is 6.54 Å². The molecule has 1 unspecified atom stereocenters. The molecular weight excluding hydrogens is 336 g/mol. The fourth-order valence-corrected chi connectivity index (χ4v) is 3.81. The third-order valence-electron chi connectivity index (χ3n) is 4.64. The Labute approximate surface area is 143 Å². The standard InChI is InChI=1S/C16H23ClN2O3S/c1-11(12-8-6-7-9-13(12)17)10-18-14-19-23(20,21)16(4,5)15(2,3)22-14/h6-9,11H,10H2,1-5H3,(H,18,19). The molecule has 2 rings (SSSR count). The van der Waals surface area contributed by atoms with E-state index in [0.29, 0.717) is 11.6 Å². The van der Waals surface area contributed by atoms with E-state index in [1.807, 2.05) is 31.2 Å². The molecule has 0 aromatic heterocycles. The molecule has 5 nitrogen and oxygen atoms in total. The molecule has 1 aliphatic rings. The molecule has 1 aromatic rings. The number of sulfonamides is 1. The van der Waals surface area contributed by atoms with Gasteiger partial charge in [-0.1, -0.05) is 36.7 Å². The van der Waals surface area contributed by atoms with Crippen LogP contribution in [-0.4, -0.2) is 31.3 Å². The first-order valence-corrected chi connectivity index (χ1v) is 9.34. The third kappa shape index (κ3) is 3.33. The molecule has 0 aliphatic carbocycles. The lowest BCUT2D eigenvalue weighted by Crippen LogP contribution is -2.64. The normalized spacial score (nSPS) is 24.5. The second-order valence-electron chi connectivity index (χ2n) is 6.80. The van der Waals surface area contributed by atoms with E-state index in [2.05, 4.69) is 9.71 Å². The zero-order valence-corrected chi connectivity index (χ0v) is 15.6. The smallest absolute Gasteiger partial charge is 0.299 e. The monoisotopic (exact) mass is 358 g/mol. The molecule has 1 atom stereocenters. The van der Waals surface area contributed by atoms with Gasteiger partial charge in [0.25, 0.3) is 6.02 Å². The van der Waals surface area contributed by atoms with Crippen LogP contribution in [0.2, 0.25) is 5.02 Å². The quantitative estimate of drug-likeness (QED) is 0.901. The molecule has 128 valence electrons. The first-order valence-electron chi connectivity index (χ1n) is 7.48. The maximum Gasteiger partial charge on any atom is 0.299 e. The molecule has 0 bridgehead atoms. The second-order valence-corrected chi connectivity index (χ2v) is 9.44. The molecule has 0 radical (unpaired) electrons. The summed E-state index contributed by atoms with van der Waals surface area (Å²) in [6, 6.07) is 7.58. The van der Waals surface area contributed by atoms with Gasteiger partial charge in [-0.05, 0) is 39.3 Å². The highest BCUT2D eigenvalue weighted by Crippen LogP contribution is 2.35. The van der Waals surface area contributed by atoms with Crippen molar-refractivity contribution in [1.82, 2.24) is 4.72 Å². The molecule has 1 N–H and O–H groups in total. The predicted octanol–water partition coefficient (Wildman–Crippen LogP) is 3.31. The largest absolute Gasteiger partial charge is 0.457 e. The molecule has 23 heavy (non-hydrogen) atoms. The van der Waals surface area contributed by atoms with E-state index in [1.165, 1.54) is 0 Å². The molecule has 1 aromatic carbocycles. The highest BCUT2D eigenvalue weighted by Gasteiger charge is 2.54. The van der Waals surface area contributed by atoms with Crippen LogP contribution in [0.5, 0.6) is 0 Å². The highest BCUT2D eigenvalue weighted by atomic mass is 35.5. The number of halogens is 1. The number of hydrogen-bond donors (Lipinski definition) is 1. The van der Waals surface area contributed by atoms with Crippen LogP contribution in [0.25, 0.3) is 0 Å². The molecule has 1 fully saturated rings. The van der Waals surface area contributed by atoms with Gasteiger partial charge in [0.05, 0.1) is 6.54 Å². The van der Waals surface area contributed by atoms with E-state index in [9.17, 15) is 8.42 Å². The Morgan fingerprint density at radius 2 is 1.87 bits per heavy atom. The Hall–Kier alpha value is -1.27. The molecule has 7 heteroatoms. The van der Waals surface area contributed by atoms with Gasteiger partial charge in [-0.25, -0.2) is 18.1 Å². The summed E-state index contributed by atoms with van der Waals surface area (Å²) in [5.74, 6) is 0.0438. The molecule has 0 saturated carbocycles. The Bertz CT molecular complexity index is 727. The summed E-state index contributed by atoms with van der Waals surface area (Å²) in [5, 5.41) is 0.673. The average molecular weight is 359 g/mol. The van der Waals surface area contributed by atoms with Crippen molar-refractivity contribution in [2.24, 2.45) is 4.99 Å². The minimum atomic E-state index is -3.57. The number of rotatable bonds is 3. The molecule has 1 aliphatic heterocycles. The first-order chi connectivity index (χ1) is 10.5. The highest BCUT2D eigenvalue weighted by molar-refractivity contribution is 7.91. The van der Waals surface area contributed by atoms with Gasteiger partial charge in [0, 0.05) is 10.9 Å². The van der Waals surface area contributed by atoms with E-state index < -0.39 is 20.4 Å². The van der Waals surface area contributed by atoms with Crippen molar-refractivity contribution >= 4 is 27.6 Å². The summed E-state index contributed by atoms with van der Waals surface area (Å²) < 4.78 is 31.9. The van der Waals surface area contributed by atoms with Crippen LogP contribution in [0.1, 0.15) is 46.1 Å². The number of benzene rings is 1. The van der Waals surface area contributed by atoms with Crippen LogP contribution in [0.4, 0.5) is 0 Å². The number of aliphatic imine (C=N–C) groups is 1. The maximum atomic E-state index is 12.4. The van der Waals surface area contributed by atoms with E-state index in [4.69, 9.17) is 16.3 Å². The molecule has 0 spiro atoms. The van der Waals surface area contributed by atoms with Crippen LogP contribution < -0.4 is 4.72 Å². The van der Waals surface area contributed by atoms with Crippen molar-refractivity contribution in [2.45, 2.75) is 50.9 Å². The zero-order valence-electron chi connectivity index (χ0n) is 14.1. The van der Waals surface area contributed by atoms with Crippen molar-refractivity contribution < 1.29 is 13.2 Å². The van der Waals surface area contributed by atoms with Crippen molar-refractivity contribution in [3.05, 3.63) is 34.9 Å². The minimum Gasteiger partial charge on any atom is -0.457 e. The van der Waals surface area contributed by atoms with Crippen LogP contribution >= 0.6 is 11.6 Å². The Morgan fingerprint density at radius 1 is 1.26 bits per heavy atom. The molecule has 0 amide bonds. The van der Waals surface area contributed by atoms with Crippen LogP contribution in [0.3, 0.4) is 0 Å². The van der Waals surface area contributed by atoms with Gasteiger partial charge < -0.3 is 4.74 Å². The van der Waals surface area contributed by atoms with Gasteiger partial charge in [-0.2, -0.15) is 0 Å². The lowest BCUT2D eigenvalue weighted by atomic mass is 9.93. The van der Waals surface area contributed by atoms with Crippen LogP contribution in [0, 0.1) is 0 Å². The van der Waals surface area contributed by atoms with Crippen molar-refractivity contribution in [3.8, 4) is 0 Å². The Balaban J connectivity index is 2.20. The van der Waals surface area contributed by atoms with E-state index in [-0.39, 0.29) is 11.9 Å². The average Bonchev–Trinajstić information content (AvgIpc) is 2.42. The first kappa shape index (κ1) is 18.1. The summed E-state index contributed by atoms with van der Waals surface area (Å²) in [7, 11) is -3.57. The van der Waals surface area contributed by atoms with Crippen molar-refractivity contribution in [1.29, 1.82) is 0 Å². The predicted molar refractivity (Wildman–Crippen MR) is 93.5 cm³/mol. The lowest BCUT2D eigenvalue weighted by Gasteiger charge is -2.44. The maximum absolute atomic E-state index is 12.4. The van der Waals surface area contributed by atoms with Crippen molar-refractivity contribution in [3.63, 3.8) is 0 Å². The Morgan fingerprint density at radius 3 is 2.43 bits per heavy atom. The number of nitrogens with zero attached hydrogens (tertiary/aromatic N) is 1. The van der Waals surface area contributed by atoms with E-state index in [0.717, 1.165) is 5.56 Å². The fraction of sp³-hybridized carbons (Fsp3) is 0.562. The minimum absolute atomic E-state index is 0.0354. The SMILES string of the molecule is CC(CN=C1NS(=O)(=O)C(C)(C)C(C)(C)O1)c1ccccc1Cl. The van der Waals surface area contributed by atoms with Crippen LogP contribution in [-0.2, 0) is 14.8 Å². The number of ether oxygens (including phenoxy) is 1. The molecule has 1 saturated heterocycles. The van der Waals surface area contributed by atoms with Gasteiger partial charge >= 0.3 is 0 Å². The Kier molecular flexibility index (Phi) is 4.70. The summed E-state index contributed by atoms with van der Waals surface area (Å²) in [4.78, 5) is 4.30. The van der Waals surface area contributed by atoms with Gasteiger partial charge in [0.1, 0.15) is 10.3 Å². The number of nitrogens with one attached hydrogen (secondary N) is 1. The van der Waals surface area contributed by atoms with Gasteiger partial charge in [-0.15, -0.1) is 0 Å². The van der Waals surface area contributed by atoms with Gasteiger partial charge in [0.2, 0.25) is 10.0 Å². The molecular formula is C16H23ClN2O3S. The summed E-state index contributed by atoms with van der Waals surface area (Å²) >= 11 is 6.18. The van der Waals surface area contributed by atoms with Gasteiger partial charge in [0.15, 0.2) is 0 Å². The number of hydrogen-bond acceptors (Lipinski definition) is 4. The molecule has 1 heterocycles.